The van der Waals surface area contributed by atoms with E-state index >= 15 is 0 Å². The molecule has 0 aromatic rings. The van der Waals surface area contributed by atoms with Crippen LogP contribution in [0.3, 0.4) is 0 Å². The van der Waals surface area contributed by atoms with Crippen LogP contribution in [0.25, 0.3) is 0 Å². The summed E-state index contributed by atoms with van der Waals surface area (Å²) in [5.41, 5.74) is 0. The standard InChI is InChI=1S/C24H40O22/c25-1-4-7(28)8(29)13(34)22(41-4)45-18-11(32)15(36)24(46-19(18)20(37)38)44-17-6(3-27)42-23(14(35)10(17)31)43-16-5(2-26)40-21(39)12(33)9(16)30/h4-19,21-36,39H,1-3H2,(H,37,38)/t4-,5-,6-,7-,8+,9-,10-,11+,12-,13-,14-,15-,16-,17-,18+,19+,21?,22+,23+,24-/m1/s1. The van der Waals surface area contributed by atoms with Crippen LogP contribution in [0.1, 0.15) is 0 Å². The van der Waals surface area contributed by atoms with E-state index in [-0.39, 0.29) is 0 Å². The van der Waals surface area contributed by atoms with Gasteiger partial charge in [0.15, 0.2) is 31.3 Å². The van der Waals surface area contributed by atoms with Gasteiger partial charge >= 0.3 is 5.97 Å². The lowest BCUT2D eigenvalue weighted by molar-refractivity contribution is -0.384. The fourth-order valence-electron chi connectivity index (χ4n) is 5.51. The third-order valence-electron chi connectivity index (χ3n) is 8.17. The van der Waals surface area contributed by atoms with Gasteiger partial charge in [-0.3, -0.25) is 0 Å². The zero-order chi connectivity index (χ0) is 34.2. The second-order valence-electron chi connectivity index (χ2n) is 11.2. The maximum Gasteiger partial charge on any atom is 0.335 e. The summed E-state index contributed by atoms with van der Waals surface area (Å²) in [5, 5.41) is 142. The summed E-state index contributed by atoms with van der Waals surface area (Å²) in [6.07, 6.45) is -38.1. The van der Waals surface area contributed by atoms with Gasteiger partial charge in [0.2, 0.25) is 0 Å². The van der Waals surface area contributed by atoms with E-state index in [2.05, 4.69) is 0 Å². The maximum atomic E-state index is 12.1. The predicted octanol–water partition coefficient (Wildman–Crippen LogP) is -9.66. The van der Waals surface area contributed by atoms with Crippen molar-refractivity contribution in [3.05, 3.63) is 0 Å². The molecule has 4 aliphatic heterocycles. The molecule has 0 amide bonds. The van der Waals surface area contributed by atoms with Gasteiger partial charge in [0, 0.05) is 0 Å². The van der Waals surface area contributed by atoms with Crippen LogP contribution < -0.4 is 0 Å². The molecule has 0 saturated carbocycles. The Labute approximate surface area is 258 Å². The number of aliphatic carboxylic acids is 1. The molecule has 4 aliphatic rings. The molecule has 1 unspecified atom stereocenters. The van der Waals surface area contributed by atoms with Crippen LogP contribution in [-0.2, 0) is 38.0 Å². The molecule has 0 aromatic carbocycles. The summed E-state index contributed by atoms with van der Waals surface area (Å²) in [4.78, 5) is 12.1. The van der Waals surface area contributed by atoms with E-state index in [1.807, 2.05) is 0 Å². The van der Waals surface area contributed by atoms with Crippen molar-refractivity contribution in [3.63, 3.8) is 0 Å². The third-order valence-corrected chi connectivity index (χ3v) is 8.17. The van der Waals surface area contributed by atoms with Crippen molar-refractivity contribution >= 4 is 5.97 Å². The number of rotatable bonds is 10. The number of aliphatic hydroxyl groups is 13. The lowest BCUT2D eigenvalue weighted by Gasteiger charge is -2.48. The number of ether oxygens (including phenoxy) is 7. The molecule has 0 spiro atoms. The van der Waals surface area contributed by atoms with E-state index < -0.39 is 149 Å². The Balaban J connectivity index is 1.46. The highest BCUT2D eigenvalue weighted by atomic mass is 16.8. The molecule has 268 valence electrons. The molecule has 46 heavy (non-hydrogen) atoms. The smallest absolute Gasteiger partial charge is 0.335 e. The number of aliphatic hydroxyl groups excluding tert-OH is 13. The first kappa shape index (κ1) is 37.5. The zero-order valence-electron chi connectivity index (χ0n) is 23.7. The van der Waals surface area contributed by atoms with E-state index in [4.69, 9.17) is 33.2 Å². The average molecular weight is 681 g/mol. The molecule has 14 N–H and O–H groups in total. The Bertz CT molecular complexity index is 986. The van der Waals surface area contributed by atoms with Crippen molar-refractivity contribution in [1.29, 1.82) is 0 Å². The minimum atomic E-state index is -2.20. The topological polar surface area (TPSA) is 365 Å². The first-order valence-electron chi connectivity index (χ1n) is 14.1. The lowest BCUT2D eigenvalue weighted by atomic mass is 9.95. The van der Waals surface area contributed by atoms with Gasteiger partial charge in [0.05, 0.1) is 19.8 Å². The Morgan fingerprint density at radius 3 is 1.35 bits per heavy atom. The summed E-state index contributed by atoms with van der Waals surface area (Å²) in [6.45, 7) is -2.66. The van der Waals surface area contributed by atoms with Gasteiger partial charge in [0.1, 0.15) is 91.6 Å². The van der Waals surface area contributed by atoms with Gasteiger partial charge in [-0.1, -0.05) is 0 Å². The molecular formula is C24H40O22. The summed E-state index contributed by atoms with van der Waals surface area (Å²) < 4.78 is 37.0. The van der Waals surface area contributed by atoms with Crippen molar-refractivity contribution in [2.24, 2.45) is 0 Å². The summed E-state index contributed by atoms with van der Waals surface area (Å²) in [7, 11) is 0. The minimum Gasteiger partial charge on any atom is -0.479 e. The van der Waals surface area contributed by atoms with Gasteiger partial charge in [-0.25, -0.2) is 4.79 Å². The van der Waals surface area contributed by atoms with Crippen molar-refractivity contribution in [3.8, 4) is 0 Å². The number of hydrogen-bond acceptors (Lipinski definition) is 21. The van der Waals surface area contributed by atoms with E-state index in [0.29, 0.717) is 0 Å². The normalized spacial score (nSPS) is 51.9. The predicted molar refractivity (Wildman–Crippen MR) is 134 cm³/mol. The zero-order valence-corrected chi connectivity index (χ0v) is 23.7. The van der Waals surface area contributed by atoms with Crippen LogP contribution in [-0.4, -0.2) is 220 Å². The second-order valence-corrected chi connectivity index (χ2v) is 11.2. The maximum absolute atomic E-state index is 12.1. The van der Waals surface area contributed by atoms with Crippen LogP contribution in [0.2, 0.25) is 0 Å². The first-order chi connectivity index (χ1) is 21.7. The van der Waals surface area contributed by atoms with Crippen LogP contribution >= 0.6 is 0 Å². The summed E-state index contributed by atoms with van der Waals surface area (Å²) >= 11 is 0. The average Bonchev–Trinajstić information content (AvgIpc) is 3.03. The quantitative estimate of drug-likeness (QED) is 0.102. The number of carboxylic acid groups (broad SMARTS) is 1. The molecule has 0 aromatic heterocycles. The van der Waals surface area contributed by atoms with E-state index in [0.717, 1.165) is 0 Å². The molecule has 4 rings (SSSR count). The van der Waals surface area contributed by atoms with Crippen LogP contribution in [0.5, 0.6) is 0 Å². The largest absolute Gasteiger partial charge is 0.479 e. The van der Waals surface area contributed by atoms with Gasteiger partial charge in [-0.15, -0.1) is 0 Å². The van der Waals surface area contributed by atoms with Gasteiger partial charge < -0.3 is 105 Å². The lowest BCUT2D eigenvalue weighted by Crippen LogP contribution is -2.67. The SMILES string of the molecule is O=C(O)[C@H]1O[C@@H](O[C@H]2[C@H](O)[C@@H](O)[C@H](O[C@H]3[C@H](O)[C@@H](O)C(O)O[C@@H]3CO)O[C@@H]2CO)[C@H](O)[C@H](O)[C@@H]1O[C@@H]1O[C@H](CO)[C@@H](O)[C@H](O)[C@H]1O. The van der Waals surface area contributed by atoms with Crippen LogP contribution in [0.15, 0.2) is 0 Å². The summed E-state index contributed by atoms with van der Waals surface area (Å²) in [6, 6.07) is 0. The van der Waals surface area contributed by atoms with Gasteiger partial charge in [-0.05, 0) is 0 Å². The Morgan fingerprint density at radius 1 is 0.457 bits per heavy atom. The minimum absolute atomic E-state index is 0.836. The number of carbonyl (C=O) groups is 1. The Morgan fingerprint density at radius 2 is 0.848 bits per heavy atom. The van der Waals surface area contributed by atoms with E-state index in [1.165, 1.54) is 0 Å². The van der Waals surface area contributed by atoms with Gasteiger partial charge in [-0.2, -0.15) is 0 Å². The monoisotopic (exact) mass is 680 g/mol. The highest BCUT2D eigenvalue weighted by molar-refractivity contribution is 5.73. The molecular weight excluding hydrogens is 640 g/mol. The fraction of sp³-hybridized carbons (Fsp3) is 0.958. The Hall–Kier alpha value is -1.33. The van der Waals surface area contributed by atoms with Gasteiger partial charge in [0.25, 0.3) is 0 Å². The molecule has 20 atom stereocenters. The van der Waals surface area contributed by atoms with Crippen molar-refractivity contribution in [1.82, 2.24) is 0 Å². The molecule has 22 heteroatoms. The van der Waals surface area contributed by atoms with Crippen LogP contribution in [0.4, 0.5) is 0 Å². The summed E-state index contributed by atoms with van der Waals surface area (Å²) in [5.74, 6) is -1.80. The molecule has 22 nitrogen and oxygen atoms in total. The number of hydrogen-bond donors (Lipinski definition) is 14. The first-order valence-corrected chi connectivity index (χ1v) is 14.1. The van der Waals surface area contributed by atoms with E-state index in [9.17, 15) is 76.3 Å². The van der Waals surface area contributed by atoms with Crippen molar-refractivity contribution in [2.75, 3.05) is 19.8 Å². The van der Waals surface area contributed by atoms with Crippen LogP contribution in [0, 0.1) is 0 Å². The Kier molecular flexibility index (Phi) is 12.6. The second kappa shape index (κ2) is 15.5. The molecule has 0 bridgehead atoms. The third kappa shape index (κ3) is 7.31. The highest BCUT2D eigenvalue weighted by Crippen LogP contribution is 2.34. The fourth-order valence-corrected chi connectivity index (χ4v) is 5.51. The molecule has 0 aliphatic carbocycles. The number of carboxylic acids is 1. The van der Waals surface area contributed by atoms with Crippen molar-refractivity contribution < 1.29 is 109 Å². The molecule has 4 fully saturated rings. The van der Waals surface area contributed by atoms with Crippen molar-refractivity contribution in [2.45, 2.75) is 123 Å². The highest BCUT2D eigenvalue weighted by Gasteiger charge is 2.56. The molecule has 4 heterocycles. The molecule has 4 saturated heterocycles. The van der Waals surface area contributed by atoms with E-state index in [1.54, 1.807) is 0 Å². The molecule has 0 radical (unpaired) electrons.